The largest absolute Gasteiger partial charge is 0.435 e. The summed E-state index contributed by atoms with van der Waals surface area (Å²) in [5.74, 6) is 0.413. The third-order valence-corrected chi connectivity index (χ3v) is 4.52. The van der Waals surface area contributed by atoms with Crippen LogP contribution in [0.5, 0.6) is 0 Å². The lowest BCUT2D eigenvalue weighted by Crippen LogP contribution is -2.08. The van der Waals surface area contributed by atoms with Gasteiger partial charge in [0.1, 0.15) is 17.2 Å². The number of thiazole rings is 1. The third-order valence-electron chi connectivity index (χ3n) is 3.64. The van der Waals surface area contributed by atoms with Crippen LogP contribution in [0.4, 0.5) is 24.1 Å². The summed E-state index contributed by atoms with van der Waals surface area (Å²) in [6.07, 6.45) is -3.04. The zero-order valence-electron chi connectivity index (χ0n) is 13.4. The van der Waals surface area contributed by atoms with Crippen molar-refractivity contribution in [2.45, 2.75) is 13.1 Å². The Morgan fingerprint density at radius 2 is 1.88 bits per heavy atom. The van der Waals surface area contributed by atoms with Crippen molar-refractivity contribution in [3.8, 4) is 11.4 Å². The van der Waals surface area contributed by atoms with Crippen molar-refractivity contribution < 1.29 is 13.2 Å². The van der Waals surface area contributed by atoms with E-state index < -0.39 is 11.9 Å². The number of aromatic nitrogens is 4. The van der Waals surface area contributed by atoms with Gasteiger partial charge in [0.05, 0.1) is 11.4 Å². The van der Waals surface area contributed by atoms with E-state index in [2.05, 4.69) is 20.3 Å². The molecule has 0 bridgehead atoms. The van der Waals surface area contributed by atoms with Gasteiger partial charge >= 0.3 is 6.18 Å². The molecular weight excluding hydrogens is 363 g/mol. The van der Waals surface area contributed by atoms with E-state index in [0.29, 0.717) is 10.9 Å². The van der Waals surface area contributed by atoms with Crippen molar-refractivity contribution in [3.05, 3.63) is 59.4 Å². The second kappa shape index (κ2) is 6.10. The fourth-order valence-corrected chi connectivity index (χ4v) is 3.29. The Kier molecular flexibility index (Phi) is 3.87. The number of imidazole rings is 1. The Hall–Kier alpha value is -2.94. The van der Waals surface area contributed by atoms with Crippen LogP contribution in [0.1, 0.15) is 11.4 Å². The van der Waals surface area contributed by atoms with Crippen LogP contribution in [0.15, 0.2) is 48.0 Å². The molecule has 0 saturated carbocycles. The Morgan fingerprint density at radius 3 is 2.62 bits per heavy atom. The fraction of sp³-hybridized carbons (Fsp3) is 0.118. The van der Waals surface area contributed by atoms with Crippen LogP contribution in [0, 0.1) is 6.92 Å². The molecule has 0 atom stereocenters. The molecule has 1 N–H and O–H groups in total. The Balaban J connectivity index is 1.84. The van der Waals surface area contributed by atoms with Crippen molar-refractivity contribution in [2.24, 2.45) is 0 Å². The molecule has 4 heterocycles. The van der Waals surface area contributed by atoms with Gasteiger partial charge in [0.15, 0.2) is 10.8 Å². The molecule has 0 saturated heterocycles. The standard InChI is InChI=1S/C17H12F3N5S/c1-10-9-26-16(21-10)23-12-6-4-5-11(22-12)14-15(17(18,19)20)24-13-7-2-3-8-25(13)14/h2-9H,1H3,(H,21,22,23). The molecule has 0 aliphatic heterocycles. The first kappa shape index (κ1) is 16.5. The predicted molar refractivity (Wildman–Crippen MR) is 93.6 cm³/mol. The highest BCUT2D eigenvalue weighted by Gasteiger charge is 2.38. The molecular formula is C17H12F3N5S. The minimum absolute atomic E-state index is 0.0907. The van der Waals surface area contributed by atoms with Crippen LogP contribution in [0.25, 0.3) is 17.0 Å². The summed E-state index contributed by atoms with van der Waals surface area (Å²) in [7, 11) is 0. The lowest BCUT2D eigenvalue weighted by atomic mass is 10.2. The van der Waals surface area contributed by atoms with E-state index in [1.165, 1.54) is 27.9 Å². The minimum atomic E-state index is -4.58. The van der Waals surface area contributed by atoms with Gasteiger partial charge < -0.3 is 5.32 Å². The molecule has 0 aromatic carbocycles. The second-order valence-electron chi connectivity index (χ2n) is 5.56. The molecule has 9 heteroatoms. The average molecular weight is 375 g/mol. The van der Waals surface area contributed by atoms with Crippen molar-refractivity contribution >= 4 is 27.9 Å². The number of hydrogen-bond acceptors (Lipinski definition) is 5. The smallest absolute Gasteiger partial charge is 0.316 e. The van der Waals surface area contributed by atoms with E-state index in [4.69, 9.17) is 0 Å². The maximum Gasteiger partial charge on any atom is 0.435 e. The highest BCUT2D eigenvalue weighted by Crippen LogP contribution is 2.37. The molecule has 26 heavy (non-hydrogen) atoms. The first-order chi connectivity index (χ1) is 12.4. The van der Waals surface area contributed by atoms with E-state index >= 15 is 0 Å². The number of anilines is 2. The van der Waals surface area contributed by atoms with Crippen LogP contribution in [-0.2, 0) is 6.18 Å². The van der Waals surface area contributed by atoms with Gasteiger partial charge in [0.2, 0.25) is 0 Å². The van der Waals surface area contributed by atoms with Gasteiger partial charge in [-0.05, 0) is 31.2 Å². The molecule has 0 amide bonds. The summed E-state index contributed by atoms with van der Waals surface area (Å²) < 4.78 is 41.9. The van der Waals surface area contributed by atoms with E-state index in [1.807, 2.05) is 12.3 Å². The van der Waals surface area contributed by atoms with Crippen LogP contribution in [0.3, 0.4) is 0 Å². The van der Waals surface area contributed by atoms with Crippen LogP contribution in [0.2, 0.25) is 0 Å². The maximum absolute atomic E-state index is 13.5. The summed E-state index contributed by atoms with van der Waals surface area (Å²) in [4.78, 5) is 12.4. The summed E-state index contributed by atoms with van der Waals surface area (Å²) >= 11 is 1.40. The maximum atomic E-state index is 13.5. The molecule has 4 rings (SSSR count). The summed E-state index contributed by atoms with van der Waals surface area (Å²) in [5.41, 5.74) is 0.195. The number of aryl methyl sites for hydroxylation is 1. The van der Waals surface area contributed by atoms with Gasteiger partial charge in [-0.2, -0.15) is 13.2 Å². The second-order valence-corrected chi connectivity index (χ2v) is 6.42. The van der Waals surface area contributed by atoms with E-state index in [1.54, 1.807) is 30.5 Å². The highest BCUT2D eigenvalue weighted by atomic mass is 32.1. The lowest BCUT2D eigenvalue weighted by molar-refractivity contribution is -0.140. The van der Waals surface area contributed by atoms with Gasteiger partial charge in [-0.3, -0.25) is 4.40 Å². The molecule has 132 valence electrons. The van der Waals surface area contributed by atoms with Gasteiger partial charge in [-0.25, -0.2) is 15.0 Å². The number of rotatable bonds is 3. The molecule has 4 aromatic rings. The lowest BCUT2D eigenvalue weighted by Gasteiger charge is -2.09. The Labute approximate surface area is 150 Å². The number of halogens is 3. The van der Waals surface area contributed by atoms with Gasteiger partial charge in [0.25, 0.3) is 0 Å². The molecule has 0 aliphatic rings. The summed E-state index contributed by atoms with van der Waals surface area (Å²) in [6, 6.07) is 9.68. The fourth-order valence-electron chi connectivity index (χ4n) is 2.60. The normalized spacial score (nSPS) is 11.8. The zero-order chi connectivity index (χ0) is 18.3. The van der Waals surface area contributed by atoms with Crippen LogP contribution < -0.4 is 5.32 Å². The monoisotopic (exact) mass is 375 g/mol. The molecule has 4 aromatic heterocycles. The van der Waals surface area contributed by atoms with Crippen molar-refractivity contribution in [1.82, 2.24) is 19.4 Å². The molecule has 0 spiro atoms. The van der Waals surface area contributed by atoms with Gasteiger partial charge in [0, 0.05) is 11.6 Å². The number of nitrogens with zero attached hydrogens (tertiary/aromatic N) is 4. The van der Waals surface area contributed by atoms with E-state index in [9.17, 15) is 13.2 Å². The van der Waals surface area contributed by atoms with Crippen molar-refractivity contribution in [2.75, 3.05) is 5.32 Å². The average Bonchev–Trinajstić information content (AvgIpc) is 3.18. The van der Waals surface area contributed by atoms with Crippen molar-refractivity contribution in [3.63, 3.8) is 0 Å². The Morgan fingerprint density at radius 1 is 1.04 bits per heavy atom. The highest BCUT2D eigenvalue weighted by molar-refractivity contribution is 7.13. The number of hydrogen-bond donors (Lipinski definition) is 1. The SMILES string of the molecule is Cc1csc(Nc2cccc(-c3c(C(F)(F)F)nc4ccccn34)n2)n1. The van der Waals surface area contributed by atoms with Gasteiger partial charge in [-0.1, -0.05) is 12.1 Å². The molecule has 0 unspecified atom stereocenters. The quantitative estimate of drug-likeness (QED) is 0.552. The number of pyridine rings is 2. The van der Waals surface area contributed by atoms with E-state index in [-0.39, 0.29) is 17.0 Å². The molecule has 0 fully saturated rings. The number of nitrogens with one attached hydrogen (secondary N) is 1. The number of alkyl halides is 3. The molecule has 0 radical (unpaired) electrons. The van der Waals surface area contributed by atoms with Gasteiger partial charge in [-0.15, -0.1) is 11.3 Å². The van der Waals surface area contributed by atoms with Crippen LogP contribution in [-0.4, -0.2) is 19.4 Å². The molecule has 0 aliphatic carbocycles. The van der Waals surface area contributed by atoms with Crippen LogP contribution >= 0.6 is 11.3 Å². The van der Waals surface area contributed by atoms with Crippen molar-refractivity contribution in [1.29, 1.82) is 0 Å². The Bertz CT molecular complexity index is 1080. The first-order valence-electron chi connectivity index (χ1n) is 7.63. The predicted octanol–water partition coefficient (Wildman–Crippen LogP) is 4.92. The zero-order valence-corrected chi connectivity index (χ0v) is 14.3. The van der Waals surface area contributed by atoms with E-state index in [0.717, 1.165) is 5.69 Å². The topological polar surface area (TPSA) is 55.1 Å². The third kappa shape index (κ3) is 3.01. The summed E-state index contributed by atoms with van der Waals surface area (Å²) in [5, 5.41) is 5.52. The number of fused-ring (bicyclic) bond motifs is 1. The minimum Gasteiger partial charge on any atom is -0.316 e. The molecule has 5 nitrogen and oxygen atoms in total. The first-order valence-corrected chi connectivity index (χ1v) is 8.50. The summed E-state index contributed by atoms with van der Waals surface area (Å²) in [6.45, 7) is 1.86.